The summed E-state index contributed by atoms with van der Waals surface area (Å²) in [6.07, 6.45) is 0. The Bertz CT molecular complexity index is 282. The second-order valence-corrected chi connectivity index (χ2v) is 2.77. The molecule has 0 bridgehead atoms. The Labute approximate surface area is 77.0 Å². The van der Waals surface area contributed by atoms with Gasteiger partial charge in [0, 0.05) is 19.2 Å². The second-order valence-electron chi connectivity index (χ2n) is 2.77. The predicted octanol–water partition coefficient (Wildman–Crippen LogP) is 2.81. The van der Waals surface area contributed by atoms with Gasteiger partial charge in [-0.15, -0.1) is 0 Å². The fraction of sp³-hybridized carbons (Fsp3) is 0.400. The first kappa shape index (κ1) is 9.96. The Morgan fingerprint density at radius 1 is 1.15 bits per heavy atom. The van der Waals surface area contributed by atoms with E-state index < -0.39 is 5.82 Å². The molecule has 0 aliphatic heterocycles. The van der Waals surface area contributed by atoms with Crippen molar-refractivity contribution in [1.29, 1.82) is 0 Å². The molecule has 0 aromatic heterocycles. The van der Waals surface area contributed by atoms with Gasteiger partial charge in [-0.2, -0.15) is 0 Å². The van der Waals surface area contributed by atoms with Crippen molar-refractivity contribution in [3.05, 3.63) is 29.8 Å². The summed E-state index contributed by atoms with van der Waals surface area (Å²) in [4.78, 5) is 1.78. The van der Waals surface area contributed by atoms with E-state index in [2.05, 4.69) is 0 Å². The molecule has 0 atom stereocenters. The molecule has 72 valence electrons. The Morgan fingerprint density at radius 3 is 2.31 bits per heavy atom. The lowest BCUT2D eigenvalue weighted by molar-refractivity contribution is 0.594. The van der Waals surface area contributed by atoms with Crippen LogP contribution in [0.3, 0.4) is 0 Å². The lowest BCUT2D eigenvalue weighted by atomic mass is 10.2. The topological polar surface area (TPSA) is 3.24 Å². The van der Waals surface area contributed by atoms with Crippen LogP contribution in [0.4, 0.5) is 14.5 Å². The van der Waals surface area contributed by atoms with Crippen LogP contribution in [-0.2, 0) is 0 Å². The fourth-order valence-electron chi connectivity index (χ4n) is 1.29. The number of hydrogen-bond acceptors (Lipinski definition) is 1. The maximum Gasteiger partial charge on any atom is 0.146 e. The Hall–Kier alpha value is -1.12. The van der Waals surface area contributed by atoms with E-state index in [4.69, 9.17) is 0 Å². The predicted molar refractivity (Wildman–Crippen MR) is 49.9 cm³/mol. The van der Waals surface area contributed by atoms with Gasteiger partial charge < -0.3 is 4.90 Å². The molecule has 1 aromatic rings. The maximum absolute atomic E-state index is 13.2. The molecule has 0 radical (unpaired) electrons. The van der Waals surface area contributed by atoms with E-state index >= 15 is 0 Å². The lowest BCUT2D eigenvalue weighted by Gasteiger charge is -2.21. The lowest BCUT2D eigenvalue weighted by Crippen LogP contribution is -2.23. The van der Waals surface area contributed by atoms with Gasteiger partial charge in [0.25, 0.3) is 0 Å². The minimum absolute atomic E-state index is 0.338. The summed E-state index contributed by atoms with van der Waals surface area (Å²) in [5.74, 6) is -0.770. The van der Waals surface area contributed by atoms with Crippen LogP contribution in [0.15, 0.2) is 18.2 Å². The van der Waals surface area contributed by atoms with Gasteiger partial charge in [0.05, 0.1) is 5.69 Å². The highest BCUT2D eigenvalue weighted by Gasteiger charge is 2.08. The molecule has 0 fully saturated rings. The van der Waals surface area contributed by atoms with Crippen LogP contribution >= 0.6 is 0 Å². The van der Waals surface area contributed by atoms with Crippen LogP contribution < -0.4 is 4.90 Å². The Balaban J connectivity index is 3.03. The second kappa shape index (κ2) is 4.21. The molecule has 13 heavy (non-hydrogen) atoms. The van der Waals surface area contributed by atoms with Gasteiger partial charge in [-0.05, 0) is 26.0 Å². The van der Waals surface area contributed by atoms with Crippen LogP contribution in [0.25, 0.3) is 0 Å². The molecule has 0 aliphatic carbocycles. The normalized spacial score (nSPS) is 10.2. The third kappa shape index (κ3) is 2.17. The first-order chi connectivity index (χ1) is 6.19. The fourth-order valence-corrected chi connectivity index (χ4v) is 1.29. The molecule has 0 heterocycles. The molecule has 0 amide bonds. The number of hydrogen-bond donors (Lipinski definition) is 0. The number of anilines is 1. The molecular weight excluding hydrogens is 172 g/mol. The van der Waals surface area contributed by atoms with E-state index in [0.717, 1.165) is 12.1 Å². The van der Waals surface area contributed by atoms with Crippen molar-refractivity contribution in [2.45, 2.75) is 13.8 Å². The minimum atomic E-state index is -0.400. The van der Waals surface area contributed by atoms with Crippen LogP contribution in [0.2, 0.25) is 0 Å². The zero-order valence-corrected chi connectivity index (χ0v) is 7.85. The smallest absolute Gasteiger partial charge is 0.146 e. The van der Waals surface area contributed by atoms with E-state index in [1.807, 2.05) is 13.8 Å². The van der Waals surface area contributed by atoms with Crippen molar-refractivity contribution in [2.24, 2.45) is 0 Å². The van der Waals surface area contributed by atoms with Crippen molar-refractivity contribution in [3.8, 4) is 0 Å². The largest absolute Gasteiger partial charge is 0.370 e. The highest BCUT2D eigenvalue weighted by atomic mass is 19.1. The van der Waals surface area contributed by atoms with E-state index in [0.29, 0.717) is 18.8 Å². The zero-order valence-electron chi connectivity index (χ0n) is 7.85. The highest BCUT2D eigenvalue weighted by Crippen LogP contribution is 2.19. The van der Waals surface area contributed by atoms with E-state index in [1.54, 1.807) is 4.90 Å². The highest BCUT2D eigenvalue weighted by molar-refractivity contribution is 5.47. The van der Waals surface area contributed by atoms with Crippen LogP contribution in [0.1, 0.15) is 13.8 Å². The van der Waals surface area contributed by atoms with E-state index in [1.165, 1.54) is 6.07 Å². The van der Waals surface area contributed by atoms with Crippen LogP contribution in [0, 0.1) is 11.6 Å². The first-order valence-electron chi connectivity index (χ1n) is 4.39. The minimum Gasteiger partial charge on any atom is -0.370 e. The molecule has 0 saturated carbocycles. The number of rotatable bonds is 3. The Kier molecular flexibility index (Phi) is 3.23. The van der Waals surface area contributed by atoms with E-state index in [9.17, 15) is 8.78 Å². The summed E-state index contributed by atoms with van der Waals surface area (Å²) in [5.41, 5.74) is 0.338. The van der Waals surface area contributed by atoms with Gasteiger partial charge in [-0.25, -0.2) is 8.78 Å². The quantitative estimate of drug-likeness (QED) is 0.699. The third-order valence-corrected chi connectivity index (χ3v) is 2.01. The number of benzene rings is 1. The summed E-state index contributed by atoms with van der Waals surface area (Å²) in [6, 6.07) is 3.51. The molecule has 1 rings (SSSR count). The van der Waals surface area contributed by atoms with Gasteiger partial charge in [-0.1, -0.05) is 0 Å². The molecule has 0 N–H and O–H groups in total. The molecular formula is C10H13F2N. The molecule has 1 nitrogen and oxygen atoms in total. The molecule has 0 aliphatic rings. The average molecular weight is 185 g/mol. The van der Waals surface area contributed by atoms with Crippen molar-refractivity contribution >= 4 is 5.69 Å². The summed E-state index contributed by atoms with van der Waals surface area (Å²) in [6.45, 7) is 5.18. The summed E-state index contributed by atoms with van der Waals surface area (Å²) < 4.78 is 26.0. The van der Waals surface area contributed by atoms with Crippen molar-refractivity contribution in [2.75, 3.05) is 18.0 Å². The van der Waals surface area contributed by atoms with Gasteiger partial charge in [0.2, 0.25) is 0 Å². The molecule has 3 heteroatoms. The molecule has 0 spiro atoms. The number of nitrogens with zero attached hydrogens (tertiary/aromatic N) is 1. The summed E-state index contributed by atoms with van der Waals surface area (Å²) in [5, 5.41) is 0. The van der Waals surface area contributed by atoms with E-state index in [-0.39, 0.29) is 5.82 Å². The average Bonchev–Trinajstić information content (AvgIpc) is 2.13. The van der Waals surface area contributed by atoms with Gasteiger partial charge >= 0.3 is 0 Å². The van der Waals surface area contributed by atoms with Crippen molar-refractivity contribution < 1.29 is 8.78 Å². The number of halogens is 2. The van der Waals surface area contributed by atoms with Gasteiger partial charge in [0.15, 0.2) is 0 Å². The maximum atomic E-state index is 13.2. The standard InChI is InChI=1S/C10H13F2N/c1-3-13(4-2)10-7-8(11)5-6-9(10)12/h5-7H,3-4H2,1-2H3. The van der Waals surface area contributed by atoms with Crippen molar-refractivity contribution in [3.63, 3.8) is 0 Å². The van der Waals surface area contributed by atoms with Gasteiger partial charge in [0.1, 0.15) is 11.6 Å². The van der Waals surface area contributed by atoms with Crippen molar-refractivity contribution in [1.82, 2.24) is 0 Å². The zero-order chi connectivity index (χ0) is 9.84. The van der Waals surface area contributed by atoms with Crippen LogP contribution in [-0.4, -0.2) is 13.1 Å². The SMILES string of the molecule is CCN(CC)c1cc(F)ccc1F. The molecule has 0 saturated heterocycles. The third-order valence-electron chi connectivity index (χ3n) is 2.01. The van der Waals surface area contributed by atoms with Crippen LogP contribution in [0.5, 0.6) is 0 Å². The molecule has 0 unspecified atom stereocenters. The van der Waals surface area contributed by atoms with Gasteiger partial charge in [-0.3, -0.25) is 0 Å². The summed E-state index contributed by atoms with van der Waals surface area (Å²) >= 11 is 0. The monoisotopic (exact) mass is 185 g/mol. The summed E-state index contributed by atoms with van der Waals surface area (Å²) in [7, 11) is 0. The first-order valence-corrected chi connectivity index (χ1v) is 4.39. The Morgan fingerprint density at radius 2 is 1.77 bits per heavy atom. The molecule has 1 aromatic carbocycles.